The maximum Gasteiger partial charge on any atom is 0.242 e. The number of hydrogen-bond acceptors (Lipinski definition) is 4. The highest BCUT2D eigenvalue weighted by Gasteiger charge is 2.31. The zero-order chi connectivity index (χ0) is 15.9. The second-order valence-electron chi connectivity index (χ2n) is 5.68. The van der Waals surface area contributed by atoms with Gasteiger partial charge in [-0.05, 0) is 31.4 Å². The molecule has 2 rings (SSSR count). The number of rotatable bonds is 7. The van der Waals surface area contributed by atoms with Crippen molar-refractivity contribution in [2.45, 2.75) is 51.2 Å². The van der Waals surface area contributed by atoms with Gasteiger partial charge in [-0.15, -0.1) is 0 Å². The van der Waals surface area contributed by atoms with Gasteiger partial charge in [0.15, 0.2) is 0 Å². The van der Waals surface area contributed by atoms with Crippen molar-refractivity contribution in [2.75, 3.05) is 13.1 Å². The lowest BCUT2D eigenvalue weighted by Gasteiger charge is -2.26. The summed E-state index contributed by atoms with van der Waals surface area (Å²) in [4.78, 5) is 25.4. The van der Waals surface area contributed by atoms with Gasteiger partial charge in [0, 0.05) is 25.4 Å². The summed E-state index contributed by atoms with van der Waals surface area (Å²) < 4.78 is 5.20. The van der Waals surface area contributed by atoms with E-state index in [0.29, 0.717) is 25.1 Å². The van der Waals surface area contributed by atoms with E-state index in [0.717, 1.165) is 19.3 Å². The summed E-state index contributed by atoms with van der Waals surface area (Å²) in [6.45, 7) is 2.64. The van der Waals surface area contributed by atoms with Crippen molar-refractivity contribution in [1.29, 1.82) is 0 Å². The number of likely N-dealkylation sites (tertiary alicyclic amines) is 1. The highest BCUT2D eigenvalue weighted by atomic mass is 16.4. The van der Waals surface area contributed by atoms with Gasteiger partial charge in [-0.2, -0.15) is 0 Å². The Hall–Kier alpha value is -1.82. The predicted octanol–water partition coefficient (Wildman–Crippen LogP) is 1.61. The molecule has 2 heterocycles. The number of aliphatic hydroxyl groups excluding tert-OH is 1. The molecule has 1 aromatic rings. The SMILES string of the molecule is CCCC(=O)NCC(=O)N1CCCC1CC(O)c1ccco1. The van der Waals surface area contributed by atoms with Gasteiger partial charge in [0.1, 0.15) is 11.9 Å². The van der Waals surface area contributed by atoms with Gasteiger partial charge in [-0.3, -0.25) is 9.59 Å². The van der Waals surface area contributed by atoms with E-state index in [1.54, 1.807) is 17.0 Å². The summed E-state index contributed by atoms with van der Waals surface area (Å²) in [6.07, 6.45) is 4.27. The van der Waals surface area contributed by atoms with Crippen LogP contribution in [0.15, 0.2) is 22.8 Å². The number of amides is 2. The van der Waals surface area contributed by atoms with Gasteiger partial charge < -0.3 is 19.7 Å². The maximum atomic E-state index is 12.2. The smallest absolute Gasteiger partial charge is 0.242 e. The summed E-state index contributed by atoms with van der Waals surface area (Å²) in [6, 6.07) is 3.46. The van der Waals surface area contributed by atoms with Gasteiger partial charge >= 0.3 is 0 Å². The normalized spacial score (nSPS) is 19.2. The van der Waals surface area contributed by atoms with Gasteiger partial charge in [-0.1, -0.05) is 6.92 Å². The first kappa shape index (κ1) is 16.5. The molecule has 2 N–H and O–H groups in total. The van der Waals surface area contributed by atoms with E-state index in [1.807, 2.05) is 6.92 Å². The molecule has 0 aliphatic carbocycles. The molecular formula is C16H24N2O4. The van der Waals surface area contributed by atoms with Crippen LogP contribution in [-0.2, 0) is 9.59 Å². The molecule has 1 aromatic heterocycles. The van der Waals surface area contributed by atoms with Crippen LogP contribution in [0.3, 0.4) is 0 Å². The topological polar surface area (TPSA) is 82.8 Å². The van der Waals surface area contributed by atoms with Crippen molar-refractivity contribution < 1.29 is 19.1 Å². The fraction of sp³-hybridized carbons (Fsp3) is 0.625. The number of aliphatic hydroxyl groups is 1. The van der Waals surface area contributed by atoms with E-state index in [4.69, 9.17) is 4.42 Å². The second-order valence-corrected chi connectivity index (χ2v) is 5.68. The predicted molar refractivity (Wildman–Crippen MR) is 80.9 cm³/mol. The molecule has 2 amide bonds. The lowest BCUT2D eigenvalue weighted by atomic mass is 10.1. The summed E-state index contributed by atoms with van der Waals surface area (Å²) in [5.41, 5.74) is 0. The Morgan fingerprint density at radius 2 is 2.36 bits per heavy atom. The Morgan fingerprint density at radius 3 is 3.05 bits per heavy atom. The first-order valence-electron chi connectivity index (χ1n) is 7.89. The van der Waals surface area contributed by atoms with E-state index >= 15 is 0 Å². The number of furan rings is 1. The monoisotopic (exact) mass is 308 g/mol. The lowest BCUT2D eigenvalue weighted by Crippen LogP contribution is -2.43. The van der Waals surface area contributed by atoms with Crippen molar-refractivity contribution in [3.63, 3.8) is 0 Å². The van der Waals surface area contributed by atoms with Crippen LogP contribution < -0.4 is 5.32 Å². The van der Waals surface area contributed by atoms with E-state index in [2.05, 4.69) is 5.32 Å². The summed E-state index contributed by atoms with van der Waals surface area (Å²) in [5.74, 6) is 0.344. The standard InChI is InChI=1S/C16H24N2O4/c1-2-5-15(20)17-11-16(21)18-8-3-6-12(18)10-13(19)14-7-4-9-22-14/h4,7,9,12-13,19H,2-3,5-6,8,10-11H2,1H3,(H,17,20). The first-order chi connectivity index (χ1) is 10.6. The zero-order valence-corrected chi connectivity index (χ0v) is 13.0. The van der Waals surface area contributed by atoms with E-state index in [9.17, 15) is 14.7 Å². The molecule has 0 radical (unpaired) electrons. The van der Waals surface area contributed by atoms with E-state index < -0.39 is 6.10 Å². The second kappa shape index (κ2) is 7.98. The minimum atomic E-state index is -0.705. The summed E-state index contributed by atoms with van der Waals surface area (Å²) in [5, 5.41) is 12.8. The van der Waals surface area contributed by atoms with Crippen LogP contribution in [0.1, 0.15) is 50.9 Å². The highest BCUT2D eigenvalue weighted by Crippen LogP contribution is 2.27. The fourth-order valence-corrected chi connectivity index (χ4v) is 2.86. The zero-order valence-electron chi connectivity index (χ0n) is 13.0. The Morgan fingerprint density at radius 1 is 1.55 bits per heavy atom. The molecule has 1 saturated heterocycles. The minimum absolute atomic E-state index is 0.00400. The largest absolute Gasteiger partial charge is 0.467 e. The molecule has 0 spiro atoms. The molecule has 1 aliphatic rings. The quantitative estimate of drug-likeness (QED) is 0.801. The van der Waals surface area contributed by atoms with Crippen LogP contribution in [0, 0.1) is 0 Å². The van der Waals surface area contributed by atoms with Gasteiger partial charge in [0.2, 0.25) is 11.8 Å². The Labute approximate surface area is 130 Å². The Bertz CT molecular complexity index is 486. The average molecular weight is 308 g/mol. The molecule has 6 nitrogen and oxygen atoms in total. The number of carbonyl (C=O) groups excluding carboxylic acids is 2. The molecule has 1 aliphatic heterocycles. The van der Waals surface area contributed by atoms with E-state index in [-0.39, 0.29) is 24.4 Å². The van der Waals surface area contributed by atoms with Crippen molar-refractivity contribution >= 4 is 11.8 Å². The van der Waals surface area contributed by atoms with Crippen LogP contribution in [0.2, 0.25) is 0 Å². The molecule has 1 fully saturated rings. The van der Waals surface area contributed by atoms with Crippen molar-refractivity contribution in [2.24, 2.45) is 0 Å². The molecule has 0 saturated carbocycles. The van der Waals surface area contributed by atoms with Crippen LogP contribution in [-0.4, -0.2) is 41.0 Å². The van der Waals surface area contributed by atoms with E-state index in [1.165, 1.54) is 6.26 Å². The molecule has 0 aromatic carbocycles. The van der Waals surface area contributed by atoms with Gasteiger partial charge in [0.25, 0.3) is 0 Å². The Kier molecular flexibility index (Phi) is 6.00. The summed E-state index contributed by atoms with van der Waals surface area (Å²) >= 11 is 0. The van der Waals surface area contributed by atoms with Crippen LogP contribution in [0.4, 0.5) is 0 Å². The highest BCUT2D eigenvalue weighted by molar-refractivity contribution is 5.85. The molecule has 122 valence electrons. The third-order valence-corrected chi connectivity index (χ3v) is 3.98. The number of carbonyl (C=O) groups is 2. The third kappa shape index (κ3) is 4.34. The fourth-order valence-electron chi connectivity index (χ4n) is 2.86. The number of hydrogen-bond donors (Lipinski definition) is 2. The minimum Gasteiger partial charge on any atom is -0.467 e. The lowest BCUT2D eigenvalue weighted by molar-refractivity contribution is -0.134. The van der Waals surface area contributed by atoms with Crippen LogP contribution >= 0.6 is 0 Å². The van der Waals surface area contributed by atoms with Crippen molar-refractivity contribution in [1.82, 2.24) is 10.2 Å². The van der Waals surface area contributed by atoms with Crippen LogP contribution in [0.25, 0.3) is 0 Å². The molecule has 0 bridgehead atoms. The van der Waals surface area contributed by atoms with Crippen molar-refractivity contribution in [3.8, 4) is 0 Å². The third-order valence-electron chi connectivity index (χ3n) is 3.98. The molecular weight excluding hydrogens is 284 g/mol. The summed E-state index contributed by atoms with van der Waals surface area (Å²) in [7, 11) is 0. The van der Waals surface area contributed by atoms with Gasteiger partial charge in [0.05, 0.1) is 12.8 Å². The maximum absolute atomic E-state index is 12.2. The molecule has 2 unspecified atom stereocenters. The molecule has 2 atom stereocenters. The van der Waals surface area contributed by atoms with Crippen LogP contribution in [0.5, 0.6) is 0 Å². The average Bonchev–Trinajstić information content (AvgIpc) is 3.16. The number of nitrogens with zero attached hydrogens (tertiary/aromatic N) is 1. The van der Waals surface area contributed by atoms with Gasteiger partial charge in [-0.25, -0.2) is 0 Å². The molecule has 6 heteroatoms. The molecule has 22 heavy (non-hydrogen) atoms. The first-order valence-corrected chi connectivity index (χ1v) is 7.89. The van der Waals surface area contributed by atoms with Crippen molar-refractivity contribution in [3.05, 3.63) is 24.2 Å². The Balaban J connectivity index is 1.84. The number of nitrogens with one attached hydrogen (secondary N) is 1.